The smallest absolute Gasteiger partial charge is 0.416 e. The molecule has 1 aliphatic heterocycles. The van der Waals surface area contributed by atoms with Crippen LogP contribution in [0.1, 0.15) is 29.5 Å². The maximum Gasteiger partial charge on any atom is 0.416 e. The number of aldehydes is 1. The molecule has 1 aliphatic rings. The molecule has 5 nitrogen and oxygen atoms in total. The van der Waals surface area contributed by atoms with Crippen molar-refractivity contribution in [3.63, 3.8) is 0 Å². The third-order valence-electron chi connectivity index (χ3n) is 6.04. The quantitative estimate of drug-likeness (QED) is 0.245. The van der Waals surface area contributed by atoms with Crippen LogP contribution in [-0.4, -0.2) is 27.4 Å². The Labute approximate surface area is 216 Å². The van der Waals surface area contributed by atoms with Crippen LogP contribution < -0.4 is 9.04 Å². The van der Waals surface area contributed by atoms with Gasteiger partial charge in [-0.25, -0.2) is 12.8 Å². The van der Waals surface area contributed by atoms with Gasteiger partial charge >= 0.3 is 6.18 Å². The first-order valence-electron chi connectivity index (χ1n) is 11.4. The molecule has 196 valence electrons. The van der Waals surface area contributed by atoms with Gasteiger partial charge in [0.2, 0.25) is 0 Å². The highest BCUT2D eigenvalue weighted by atomic mass is 35.5. The van der Waals surface area contributed by atoms with Gasteiger partial charge in [-0.3, -0.25) is 4.31 Å². The summed E-state index contributed by atoms with van der Waals surface area (Å²) in [5, 5.41) is 0.271. The van der Waals surface area contributed by atoms with Crippen LogP contribution in [0.3, 0.4) is 0 Å². The Kier molecular flexibility index (Phi) is 7.80. The first-order chi connectivity index (χ1) is 17.5. The molecule has 0 fully saturated rings. The van der Waals surface area contributed by atoms with E-state index in [1.807, 2.05) is 0 Å². The summed E-state index contributed by atoms with van der Waals surface area (Å²) >= 11 is 6.11. The van der Waals surface area contributed by atoms with Gasteiger partial charge in [-0.2, -0.15) is 13.2 Å². The number of carbonyl (C=O) groups is 1. The maximum atomic E-state index is 14.2. The molecule has 0 bridgehead atoms. The van der Waals surface area contributed by atoms with Gasteiger partial charge in [-0.15, -0.1) is 0 Å². The van der Waals surface area contributed by atoms with E-state index in [4.69, 9.17) is 16.3 Å². The molecular formula is C26H22ClF4NO4S. The van der Waals surface area contributed by atoms with Crippen molar-refractivity contribution in [3.05, 3.63) is 88.2 Å². The highest BCUT2D eigenvalue weighted by molar-refractivity contribution is 7.92. The van der Waals surface area contributed by atoms with E-state index in [2.05, 4.69) is 0 Å². The number of ether oxygens (including phenoxy) is 1. The van der Waals surface area contributed by atoms with Crippen LogP contribution in [0.4, 0.5) is 23.2 Å². The van der Waals surface area contributed by atoms with Crippen molar-refractivity contribution >= 4 is 33.6 Å². The van der Waals surface area contributed by atoms with E-state index in [0.717, 1.165) is 22.5 Å². The molecule has 1 unspecified atom stereocenters. The molecular weight excluding hydrogens is 534 g/mol. The summed E-state index contributed by atoms with van der Waals surface area (Å²) in [5.74, 6) is -0.245. The standard InChI is InChI=1S/C26H22ClF4NO4S/c27-22-7-2-8-23(28)21(22)11-9-17-10-12-25-24(14-17)32(16-19(36-25)5-3-13-33)37(34,35)20-6-1-4-18(15-20)26(29,30)31/h1-2,4,6-8,10,12-15,19H,3,5,9,11,16H2. The minimum Gasteiger partial charge on any atom is -0.486 e. The first kappa shape index (κ1) is 26.9. The van der Waals surface area contributed by atoms with E-state index >= 15 is 0 Å². The Morgan fingerprint density at radius 1 is 1.05 bits per heavy atom. The number of benzene rings is 3. The summed E-state index contributed by atoms with van der Waals surface area (Å²) in [6.07, 6.45) is -3.80. The molecule has 3 aromatic rings. The predicted molar refractivity (Wildman–Crippen MR) is 131 cm³/mol. The summed E-state index contributed by atoms with van der Waals surface area (Å²) in [7, 11) is -4.43. The van der Waals surface area contributed by atoms with Crippen molar-refractivity contribution in [2.45, 2.75) is 42.9 Å². The molecule has 0 saturated heterocycles. The topological polar surface area (TPSA) is 63.7 Å². The van der Waals surface area contributed by atoms with Gasteiger partial charge in [0.1, 0.15) is 24.0 Å². The van der Waals surface area contributed by atoms with Crippen molar-refractivity contribution in [1.82, 2.24) is 0 Å². The van der Waals surface area contributed by atoms with Crippen LogP contribution in [0.2, 0.25) is 5.02 Å². The zero-order chi connectivity index (χ0) is 26.8. The zero-order valence-corrected chi connectivity index (χ0v) is 20.9. The van der Waals surface area contributed by atoms with Crippen molar-refractivity contribution in [2.75, 3.05) is 10.8 Å². The fourth-order valence-corrected chi connectivity index (χ4v) is 5.95. The lowest BCUT2D eigenvalue weighted by Gasteiger charge is -2.35. The highest BCUT2D eigenvalue weighted by Gasteiger charge is 2.37. The number of carbonyl (C=O) groups excluding carboxylic acids is 1. The molecule has 3 aromatic carbocycles. The molecule has 0 aliphatic carbocycles. The number of nitrogens with zero attached hydrogens (tertiary/aromatic N) is 1. The lowest BCUT2D eigenvalue weighted by atomic mass is 10.0. The van der Waals surface area contributed by atoms with Crippen LogP contribution in [0.5, 0.6) is 5.75 Å². The average Bonchev–Trinajstić information content (AvgIpc) is 2.86. The number of halogens is 5. The van der Waals surface area contributed by atoms with Crippen LogP contribution >= 0.6 is 11.6 Å². The Morgan fingerprint density at radius 3 is 2.51 bits per heavy atom. The third kappa shape index (κ3) is 5.91. The van der Waals surface area contributed by atoms with Gasteiger partial charge in [-0.1, -0.05) is 29.8 Å². The molecule has 1 heterocycles. The van der Waals surface area contributed by atoms with Crippen molar-refractivity contribution < 1.29 is 35.5 Å². The SMILES string of the molecule is O=CCCC1CN(S(=O)(=O)c2cccc(C(F)(F)F)c2)c2cc(CCc3c(F)cccc3Cl)ccc2O1. The molecule has 0 radical (unpaired) electrons. The molecule has 1 atom stereocenters. The van der Waals surface area contributed by atoms with E-state index in [-0.39, 0.29) is 42.3 Å². The van der Waals surface area contributed by atoms with Crippen molar-refractivity contribution in [2.24, 2.45) is 0 Å². The van der Waals surface area contributed by atoms with Crippen LogP contribution in [0.25, 0.3) is 0 Å². The Balaban J connectivity index is 1.71. The maximum absolute atomic E-state index is 14.2. The number of alkyl halides is 3. The normalized spacial score (nSPS) is 15.7. The first-order valence-corrected chi connectivity index (χ1v) is 13.2. The molecule has 0 amide bonds. The fraction of sp³-hybridized carbons (Fsp3) is 0.269. The van der Waals surface area contributed by atoms with Crippen molar-refractivity contribution in [1.29, 1.82) is 0 Å². The van der Waals surface area contributed by atoms with Crippen LogP contribution in [0.15, 0.2) is 65.6 Å². The second-order valence-corrected chi connectivity index (χ2v) is 10.8. The van der Waals surface area contributed by atoms with Crippen LogP contribution in [0, 0.1) is 5.82 Å². The number of aryl methyl sites for hydroxylation is 1. The van der Waals surface area contributed by atoms with E-state index in [9.17, 15) is 30.8 Å². The highest BCUT2D eigenvalue weighted by Crippen LogP contribution is 2.40. The lowest BCUT2D eigenvalue weighted by molar-refractivity contribution is -0.137. The largest absolute Gasteiger partial charge is 0.486 e. The Bertz CT molecular complexity index is 1390. The minimum atomic E-state index is -4.72. The van der Waals surface area contributed by atoms with Crippen LogP contribution in [-0.2, 0) is 33.8 Å². The molecule has 0 aromatic heterocycles. The van der Waals surface area contributed by atoms with Gasteiger partial charge in [0, 0.05) is 17.0 Å². The summed E-state index contributed by atoms with van der Waals surface area (Å²) in [5.41, 5.74) is 0.0322. The van der Waals surface area contributed by atoms with Gasteiger partial charge in [0.25, 0.3) is 10.0 Å². The predicted octanol–water partition coefficient (Wildman–Crippen LogP) is 6.22. The monoisotopic (exact) mass is 555 g/mol. The number of anilines is 1. The van der Waals surface area contributed by atoms with E-state index in [0.29, 0.717) is 29.9 Å². The second kappa shape index (κ2) is 10.7. The molecule has 4 rings (SSSR count). The number of fused-ring (bicyclic) bond motifs is 1. The Hall–Kier alpha value is -3.11. The van der Waals surface area contributed by atoms with Gasteiger partial charge in [0.15, 0.2) is 0 Å². The van der Waals surface area contributed by atoms with Gasteiger partial charge in [-0.05, 0) is 67.3 Å². The summed E-state index contributed by atoms with van der Waals surface area (Å²) < 4.78 is 88.1. The number of hydrogen-bond acceptors (Lipinski definition) is 4. The zero-order valence-electron chi connectivity index (χ0n) is 19.3. The molecule has 0 spiro atoms. The minimum absolute atomic E-state index is 0.124. The van der Waals surface area contributed by atoms with Crippen molar-refractivity contribution in [3.8, 4) is 5.75 Å². The molecule has 11 heteroatoms. The third-order valence-corrected chi connectivity index (χ3v) is 8.17. The summed E-state index contributed by atoms with van der Waals surface area (Å²) in [4.78, 5) is 10.4. The molecule has 37 heavy (non-hydrogen) atoms. The fourth-order valence-electron chi connectivity index (χ4n) is 4.15. The van der Waals surface area contributed by atoms with E-state index < -0.39 is 38.6 Å². The van der Waals surface area contributed by atoms with Gasteiger partial charge < -0.3 is 9.53 Å². The van der Waals surface area contributed by atoms with Gasteiger partial charge in [0.05, 0.1) is 22.7 Å². The molecule has 0 N–H and O–H groups in total. The number of sulfonamides is 1. The summed E-state index contributed by atoms with van der Waals surface area (Å²) in [6, 6.07) is 12.7. The lowest BCUT2D eigenvalue weighted by Crippen LogP contribution is -2.43. The molecule has 0 saturated carbocycles. The second-order valence-electron chi connectivity index (χ2n) is 8.55. The average molecular weight is 556 g/mol. The summed E-state index contributed by atoms with van der Waals surface area (Å²) in [6.45, 7) is -0.192. The number of hydrogen-bond donors (Lipinski definition) is 0. The number of rotatable bonds is 8. The Morgan fingerprint density at radius 2 is 1.81 bits per heavy atom. The van der Waals surface area contributed by atoms with E-state index in [1.54, 1.807) is 24.3 Å². The van der Waals surface area contributed by atoms with E-state index in [1.165, 1.54) is 12.1 Å².